The van der Waals surface area contributed by atoms with Crippen LogP contribution in [0, 0.1) is 0 Å². The number of benzene rings is 5. The zero-order valence-corrected chi connectivity index (χ0v) is 26.8. The molecule has 4 nitrogen and oxygen atoms in total. The number of thiophene rings is 1. The summed E-state index contributed by atoms with van der Waals surface area (Å²) in [5.74, 6) is 0. The summed E-state index contributed by atoms with van der Waals surface area (Å²) in [6.45, 7) is 2.06. The molecule has 0 saturated heterocycles. The molecule has 0 spiro atoms. The number of aromatic nitrogens is 1. The fraction of sp³-hybridized carbons (Fsp3) is 0.0250. The summed E-state index contributed by atoms with van der Waals surface area (Å²) in [5.41, 5.74) is 13.1. The third-order valence-corrected chi connectivity index (χ3v) is 12.8. The van der Waals surface area contributed by atoms with Crippen LogP contribution >= 0.6 is 18.5 Å². The first-order chi connectivity index (χ1) is 22.5. The summed E-state index contributed by atoms with van der Waals surface area (Å²) in [7, 11) is -3.20. The summed E-state index contributed by atoms with van der Waals surface area (Å²) in [6.07, 6.45) is 5.29. The molecule has 8 rings (SSSR count). The Labute approximate surface area is 270 Å². The summed E-state index contributed by atoms with van der Waals surface area (Å²) in [4.78, 5) is 4.56. The number of pyridine rings is 1. The molecule has 3 aromatic heterocycles. The van der Waals surface area contributed by atoms with Crippen LogP contribution in [0.3, 0.4) is 0 Å². The smallest absolute Gasteiger partial charge is 0.172 e. The molecule has 0 saturated carbocycles. The van der Waals surface area contributed by atoms with Crippen molar-refractivity contribution in [1.82, 2.24) is 4.98 Å². The van der Waals surface area contributed by atoms with Crippen LogP contribution in [0.1, 0.15) is 12.5 Å². The molecule has 0 aliphatic rings. The molecule has 2 N–H and O–H groups in total. The molecule has 0 atom stereocenters. The van der Waals surface area contributed by atoms with Gasteiger partial charge < -0.3 is 14.7 Å². The molecule has 0 amide bonds. The highest BCUT2D eigenvalue weighted by molar-refractivity contribution is 7.82. The fourth-order valence-corrected chi connectivity index (χ4v) is 9.98. The molecule has 3 heterocycles. The van der Waals surface area contributed by atoms with Crippen LogP contribution in [0.4, 0.5) is 0 Å². The van der Waals surface area contributed by atoms with E-state index in [1.54, 1.807) is 17.5 Å². The second-order valence-electron chi connectivity index (χ2n) is 11.4. The quantitative estimate of drug-likeness (QED) is 0.146. The average Bonchev–Trinajstić information content (AvgIpc) is 3.68. The summed E-state index contributed by atoms with van der Waals surface area (Å²) in [5, 5.41) is 5.53. The van der Waals surface area contributed by atoms with Crippen LogP contribution in [0.25, 0.3) is 58.9 Å². The fourth-order valence-electron chi connectivity index (χ4n) is 6.25. The molecule has 5 aromatic carbocycles. The van der Waals surface area contributed by atoms with Gasteiger partial charge >= 0.3 is 0 Å². The van der Waals surface area contributed by atoms with E-state index in [1.165, 1.54) is 26.4 Å². The second kappa shape index (κ2) is 11.3. The monoisotopic (exact) mass is 632 g/mol. The van der Waals surface area contributed by atoms with Gasteiger partial charge in [-0.3, -0.25) is 4.98 Å². The number of allylic oxidation sites excluding steroid dienone is 3. The number of hydrogen-bond acceptors (Lipinski definition) is 5. The second-order valence-corrected chi connectivity index (χ2v) is 15.2. The number of hydrogen-bond donors (Lipinski definition) is 1. The van der Waals surface area contributed by atoms with Crippen molar-refractivity contribution in [3.05, 3.63) is 157 Å². The molecule has 6 heteroatoms. The Hall–Kier alpha value is -5.22. The van der Waals surface area contributed by atoms with E-state index in [2.05, 4.69) is 60.4 Å². The van der Waals surface area contributed by atoms with Gasteiger partial charge in [-0.15, -0.1) is 11.3 Å². The molecular formula is C40H29N2O2PS. The minimum atomic E-state index is -3.20. The molecule has 8 aromatic rings. The number of nitrogens with zero attached hydrogens (tertiary/aromatic N) is 1. The Kier molecular flexibility index (Phi) is 6.94. The minimum absolute atomic E-state index is 0.608. The Morgan fingerprint density at radius 3 is 2.04 bits per heavy atom. The molecule has 0 bridgehead atoms. The standard InChI is InChI=1S/C40H29N2O2PS/c1-26(21-32(25-41)45(43,30-9-4-2-5-10-30)31-11-6-3-7-12-31)27-15-18-38-33(22-27)34-23-29(16-19-39(34)46-38)28-14-17-36-35(24-28)40-37(44-36)13-8-20-42-40/h2-25H,41H2,1H3/b26-21+,32-25+. The first-order valence-electron chi connectivity index (χ1n) is 15.1. The van der Waals surface area contributed by atoms with Crippen molar-refractivity contribution in [2.75, 3.05) is 0 Å². The Morgan fingerprint density at radius 1 is 0.717 bits per heavy atom. The van der Waals surface area contributed by atoms with Crippen molar-refractivity contribution in [1.29, 1.82) is 0 Å². The first kappa shape index (κ1) is 28.3. The largest absolute Gasteiger partial charge is 0.454 e. The van der Waals surface area contributed by atoms with E-state index in [4.69, 9.17) is 10.2 Å². The van der Waals surface area contributed by atoms with Gasteiger partial charge in [-0.05, 0) is 83.8 Å². The van der Waals surface area contributed by atoms with Crippen LogP contribution in [0.5, 0.6) is 0 Å². The number of rotatable bonds is 6. The molecule has 0 aliphatic carbocycles. The van der Waals surface area contributed by atoms with Gasteiger partial charge in [0.15, 0.2) is 12.7 Å². The molecular weight excluding hydrogens is 603 g/mol. The number of nitrogens with two attached hydrogens (primary N) is 1. The number of furan rings is 1. The first-order valence-corrected chi connectivity index (χ1v) is 17.6. The molecule has 46 heavy (non-hydrogen) atoms. The van der Waals surface area contributed by atoms with Gasteiger partial charge in [-0.25, -0.2) is 0 Å². The average molecular weight is 633 g/mol. The lowest BCUT2D eigenvalue weighted by Gasteiger charge is -2.21. The van der Waals surface area contributed by atoms with E-state index in [0.717, 1.165) is 54.9 Å². The molecule has 222 valence electrons. The van der Waals surface area contributed by atoms with E-state index in [0.29, 0.717) is 5.31 Å². The van der Waals surface area contributed by atoms with E-state index < -0.39 is 7.14 Å². The zero-order chi connectivity index (χ0) is 31.3. The predicted octanol–water partition coefficient (Wildman–Crippen LogP) is 10.2. The summed E-state index contributed by atoms with van der Waals surface area (Å²) >= 11 is 1.79. The van der Waals surface area contributed by atoms with Crippen LogP contribution in [0.15, 0.2) is 156 Å². The lowest BCUT2D eigenvalue weighted by molar-refractivity contribution is 0.591. The van der Waals surface area contributed by atoms with E-state index in [-0.39, 0.29) is 0 Å². The molecule has 0 aliphatic heterocycles. The van der Waals surface area contributed by atoms with E-state index in [9.17, 15) is 4.57 Å². The Bertz CT molecular complexity index is 2480. The maximum atomic E-state index is 15.0. The lowest BCUT2D eigenvalue weighted by Crippen LogP contribution is -2.17. The van der Waals surface area contributed by atoms with Gasteiger partial charge in [0.1, 0.15) is 11.1 Å². The molecule has 0 fully saturated rings. The van der Waals surface area contributed by atoms with Gasteiger partial charge in [-0.1, -0.05) is 78.9 Å². The maximum Gasteiger partial charge on any atom is 0.172 e. The summed E-state index contributed by atoms with van der Waals surface area (Å²) in [6, 6.07) is 42.6. The lowest BCUT2D eigenvalue weighted by atomic mass is 10.00. The zero-order valence-electron chi connectivity index (χ0n) is 25.1. The van der Waals surface area contributed by atoms with Crippen LogP contribution in [-0.2, 0) is 4.57 Å². The van der Waals surface area contributed by atoms with Crippen LogP contribution in [0.2, 0.25) is 0 Å². The van der Waals surface area contributed by atoms with E-state index >= 15 is 0 Å². The Balaban J connectivity index is 1.21. The van der Waals surface area contributed by atoms with Gasteiger partial charge in [-0.2, -0.15) is 0 Å². The minimum Gasteiger partial charge on any atom is -0.454 e. The normalized spacial score (nSPS) is 12.9. The molecule has 0 unspecified atom stereocenters. The highest BCUT2D eigenvalue weighted by Gasteiger charge is 2.30. The summed E-state index contributed by atoms with van der Waals surface area (Å²) < 4.78 is 23.4. The van der Waals surface area contributed by atoms with Crippen LogP contribution < -0.4 is 16.3 Å². The highest BCUT2D eigenvalue weighted by Crippen LogP contribution is 2.52. The van der Waals surface area contributed by atoms with Crippen molar-refractivity contribution in [2.24, 2.45) is 5.73 Å². The van der Waals surface area contributed by atoms with Gasteiger partial charge in [0.25, 0.3) is 0 Å². The van der Waals surface area contributed by atoms with Crippen molar-refractivity contribution < 1.29 is 8.98 Å². The van der Waals surface area contributed by atoms with Crippen LogP contribution in [-0.4, -0.2) is 4.98 Å². The maximum absolute atomic E-state index is 15.0. The van der Waals surface area contributed by atoms with Gasteiger partial charge in [0.05, 0.1) is 0 Å². The SMILES string of the molecule is C/C(=C\C(=C/N)P(=O)(c1ccccc1)c1ccccc1)c1ccc2sc3ccc(-c4ccc5oc6cccnc6c5c4)cc3c2c1. The van der Waals surface area contributed by atoms with Crippen molar-refractivity contribution in [2.45, 2.75) is 6.92 Å². The Morgan fingerprint density at radius 2 is 1.35 bits per heavy atom. The topological polar surface area (TPSA) is 69.1 Å². The van der Waals surface area contributed by atoms with Gasteiger partial charge in [0.2, 0.25) is 0 Å². The number of fused-ring (bicyclic) bond motifs is 6. The van der Waals surface area contributed by atoms with Crippen molar-refractivity contribution >= 4 is 76.9 Å². The highest BCUT2D eigenvalue weighted by atomic mass is 32.1. The van der Waals surface area contributed by atoms with Crippen molar-refractivity contribution in [3.8, 4) is 11.1 Å². The third kappa shape index (κ3) is 4.68. The van der Waals surface area contributed by atoms with Gasteiger partial charge in [0, 0.05) is 53.9 Å². The van der Waals surface area contributed by atoms with E-state index in [1.807, 2.05) is 84.9 Å². The van der Waals surface area contributed by atoms with Crippen molar-refractivity contribution in [3.63, 3.8) is 0 Å². The third-order valence-electron chi connectivity index (χ3n) is 8.62. The predicted molar refractivity (Wildman–Crippen MR) is 196 cm³/mol. The molecule has 0 radical (unpaired) electrons.